The molecule has 0 atom stereocenters. The topological polar surface area (TPSA) is 20.2 Å². The number of unbranched alkanes of at least 4 members (excludes halogenated alkanes) is 1. The molecule has 1 N–H and O–H groups in total. The second-order valence-corrected chi connectivity index (χ2v) is 2.51. The van der Waals surface area contributed by atoms with Gasteiger partial charge in [-0.2, -0.15) is 0 Å². The first kappa shape index (κ1) is 10.0. The first-order valence-corrected chi connectivity index (χ1v) is 3.90. The molecule has 0 unspecified atom stereocenters. The van der Waals surface area contributed by atoms with Gasteiger partial charge in [0.1, 0.15) is 5.76 Å². The van der Waals surface area contributed by atoms with Crippen molar-refractivity contribution in [2.45, 2.75) is 26.7 Å². The fourth-order valence-electron chi connectivity index (χ4n) is 0.571. The van der Waals surface area contributed by atoms with Gasteiger partial charge < -0.3 is 5.11 Å². The molecule has 0 amide bonds. The molecule has 0 heterocycles. The summed E-state index contributed by atoms with van der Waals surface area (Å²) in [6.07, 6.45) is 8.12. The molecular formula is C10H16O. The van der Waals surface area contributed by atoms with Crippen LogP contribution in [0.1, 0.15) is 26.7 Å². The maximum Gasteiger partial charge on any atom is 0.111 e. The third-order valence-electron chi connectivity index (χ3n) is 1.39. The van der Waals surface area contributed by atoms with Gasteiger partial charge in [0.2, 0.25) is 0 Å². The van der Waals surface area contributed by atoms with Crippen molar-refractivity contribution < 1.29 is 5.11 Å². The van der Waals surface area contributed by atoms with Crippen molar-refractivity contribution in [3.63, 3.8) is 0 Å². The SMILES string of the molecule is C=C(O)/C(C)=C\C=C\CCC. The second kappa shape index (κ2) is 5.78. The van der Waals surface area contributed by atoms with Gasteiger partial charge in [0.25, 0.3) is 0 Å². The van der Waals surface area contributed by atoms with Crippen molar-refractivity contribution >= 4 is 0 Å². The van der Waals surface area contributed by atoms with E-state index in [0.717, 1.165) is 18.4 Å². The average molecular weight is 152 g/mol. The molecular weight excluding hydrogens is 136 g/mol. The Bertz CT molecular complexity index is 175. The van der Waals surface area contributed by atoms with Crippen molar-refractivity contribution in [2.75, 3.05) is 0 Å². The molecule has 0 spiro atoms. The highest BCUT2D eigenvalue weighted by molar-refractivity contribution is 5.23. The van der Waals surface area contributed by atoms with Crippen molar-refractivity contribution in [3.8, 4) is 0 Å². The zero-order valence-corrected chi connectivity index (χ0v) is 7.30. The van der Waals surface area contributed by atoms with Crippen LogP contribution in [0.3, 0.4) is 0 Å². The van der Waals surface area contributed by atoms with Crippen LogP contribution >= 0.6 is 0 Å². The summed E-state index contributed by atoms with van der Waals surface area (Å²) < 4.78 is 0. The largest absolute Gasteiger partial charge is 0.508 e. The molecule has 1 heteroatoms. The summed E-state index contributed by atoms with van der Waals surface area (Å²) in [5, 5.41) is 8.88. The molecule has 11 heavy (non-hydrogen) atoms. The van der Waals surface area contributed by atoms with E-state index in [2.05, 4.69) is 19.6 Å². The lowest BCUT2D eigenvalue weighted by Crippen LogP contribution is -1.77. The average Bonchev–Trinajstić information content (AvgIpc) is 1.97. The lowest BCUT2D eigenvalue weighted by molar-refractivity contribution is 0.426. The monoisotopic (exact) mass is 152 g/mol. The van der Waals surface area contributed by atoms with Gasteiger partial charge in [0, 0.05) is 0 Å². The summed E-state index contributed by atoms with van der Waals surface area (Å²) in [5.41, 5.74) is 0.817. The molecule has 0 aromatic rings. The molecule has 62 valence electrons. The maximum atomic E-state index is 8.88. The molecule has 0 saturated heterocycles. The van der Waals surface area contributed by atoms with Gasteiger partial charge in [0.15, 0.2) is 0 Å². The minimum atomic E-state index is 0.145. The minimum absolute atomic E-state index is 0.145. The molecule has 0 aliphatic carbocycles. The summed E-state index contributed by atoms with van der Waals surface area (Å²) in [7, 11) is 0. The molecule has 0 radical (unpaired) electrons. The molecule has 0 aliphatic heterocycles. The van der Waals surface area contributed by atoms with Crippen molar-refractivity contribution in [2.24, 2.45) is 0 Å². The molecule has 0 saturated carbocycles. The third kappa shape index (κ3) is 5.46. The quantitative estimate of drug-likeness (QED) is 0.483. The third-order valence-corrected chi connectivity index (χ3v) is 1.39. The predicted octanol–water partition coefficient (Wildman–Crippen LogP) is 3.36. The number of allylic oxidation sites excluding steroid dienone is 4. The molecule has 0 aliphatic rings. The molecule has 0 aromatic heterocycles. The van der Waals surface area contributed by atoms with Crippen LogP contribution in [0.25, 0.3) is 0 Å². The van der Waals surface area contributed by atoms with E-state index in [1.807, 2.05) is 19.1 Å². The summed E-state index contributed by atoms with van der Waals surface area (Å²) in [5.74, 6) is 0.145. The molecule has 0 aromatic carbocycles. The van der Waals surface area contributed by atoms with Gasteiger partial charge in [0.05, 0.1) is 0 Å². The molecule has 0 fully saturated rings. The normalized spacial score (nSPS) is 12.4. The van der Waals surface area contributed by atoms with E-state index < -0.39 is 0 Å². The van der Waals surface area contributed by atoms with Gasteiger partial charge in [-0.3, -0.25) is 0 Å². The Balaban J connectivity index is 3.81. The Hall–Kier alpha value is -0.980. The van der Waals surface area contributed by atoms with E-state index in [1.54, 1.807) is 0 Å². The highest BCUT2D eigenvalue weighted by Gasteiger charge is 1.86. The Morgan fingerprint density at radius 1 is 1.55 bits per heavy atom. The number of hydrogen-bond acceptors (Lipinski definition) is 1. The highest BCUT2D eigenvalue weighted by atomic mass is 16.3. The van der Waals surface area contributed by atoms with Crippen molar-refractivity contribution in [3.05, 3.63) is 36.1 Å². The van der Waals surface area contributed by atoms with Gasteiger partial charge in [-0.15, -0.1) is 0 Å². The summed E-state index contributed by atoms with van der Waals surface area (Å²) in [6, 6.07) is 0. The first-order chi connectivity index (χ1) is 5.18. The number of rotatable bonds is 4. The van der Waals surface area contributed by atoms with E-state index in [4.69, 9.17) is 5.11 Å². The Kier molecular flexibility index (Phi) is 5.26. The molecule has 1 nitrogen and oxygen atoms in total. The second-order valence-electron chi connectivity index (χ2n) is 2.51. The van der Waals surface area contributed by atoms with Crippen LogP contribution in [0, 0.1) is 0 Å². The lowest BCUT2D eigenvalue weighted by Gasteiger charge is -1.92. The molecule has 0 bridgehead atoms. The lowest BCUT2D eigenvalue weighted by atomic mass is 10.2. The maximum absolute atomic E-state index is 8.88. The number of aliphatic hydroxyl groups is 1. The van der Waals surface area contributed by atoms with Crippen LogP contribution in [0.4, 0.5) is 0 Å². The Morgan fingerprint density at radius 2 is 2.18 bits per heavy atom. The minimum Gasteiger partial charge on any atom is -0.508 e. The van der Waals surface area contributed by atoms with Gasteiger partial charge in [-0.25, -0.2) is 0 Å². The first-order valence-electron chi connectivity index (χ1n) is 3.90. The van der Waals surface area contributed by atoms with Gasteiger partial charge in [-0.1, -0.05) is 38.2 Å². The van der Waals surface area contributed by atoms with Gasteiger partial charge >= 0.3 is 0 Å². The zero-order valence-electron chi connectivity index (χ0n) is 7.30. The van der Waals surface area contributed by atoms with Crippen LogP contribution in [0.5, 0.6) is 0 Å². The van der Waals surface area contributed by atoms with E-state index >= 15 is 0 Å². The van der Waals surface area contributed by atoms with Gasteiger partial charge in [-0.05, 0) is 18.9 Å². The van der Waals surface area contributed by atoms with Crippen LogP contribution in [0.2, 0.25) is 0 Å². The Morgan fingerprint density at radius 3 is 2.64 bits per heavy atom. The smallest absolute Gasteiger partial charge is 0.111 e. The molecule has 0 rings (SSSR count). The van der Waals surface area contributed by atoms with E-state index in [-0.39, 0.29) is 5.76 Å². The fourth-order valence-corrected chi connectivity index (χ4v) is 0.571. The predicted molar refractivity (Wildman–Crippen MR) is 49.6 cm³/mol. The number of hydrogen-bond donors (Lipinski definition) is 1. The van der Waals surface area contributed by atoms with E-state index in [0.29, 0.717) is 0 Å². The van der Waals surface area contributed by atoms with Crippen LogP contribution in [0.15, 0.2) is 36.1 Å². The van der Waals surface area contributed by atoms with Crippen LogP contribution in [-0.2, 0) is 0 Å². The van der Waals surface area contributed by atoms with E-state index in [1.165, 1.54) is 0 Å². The van der Waals surface area contributed by atoms with Crippen molar-refractivity contribution in [1.29, 1.82) is 0 Å². The van der Waals surface area contributed by atoms with E-state index in [9.17, 15) is 0 Å². The van der Waals surface area contributed by atoms with Crippen molar-refractivity contribution in [1.82, 2.24) is 0 Å². The zero-order chi connectivity index (χ0) is 8.69. The summed E-state index contributed by atoms with van der Waals surface area (Å²) >= 11 is 0. The standard InChI is InChI=1S/C10H16O/c1-4-5-6-7-8-9(2)10(3)11/h6-8,11H,3-5H2,1-2H3/b7-6+,9-8-. The number of aliphatic hydroxyl groups excluding tert-OH is 1. The summed E-state index contributed by atoms with van der Waals surface area (Å²) in [4.78, 5) is 0. The Labute approximate surface area is 68.7 Å². The van der Waals surface area contributed by atoms with Crippen LogP contribution < -0.4 is 0 Å². The summed E-state index contributed by atoms with van der Waals surface area (Å²) in [6.45, 7) is 7.37. The van der Waals surface area contributed by atoms with Crippen LogP contribution in [-0.4, -0.2) is 5.11 Å². The highest BCUT2D eigenvalue weighted by Crippen LogP contribution is 2.02. The fraction of sp³-hybridized carbons (Fsp3) is 0.400.